The number of hydrogen-bond donors (Lipinski definition) is 3. The highest BCUT2D eigenvalue weighted by Gasteiger charge is 2.46. The number of nitrogens with zero attached hydrogens (tertiary/aromatic N) is 3. The first-order valence-corrected chi connectivity index (χ1v) is 15.8. The van der Waals surface area contributed by atoms with Crippen LogP contribution in [0.15, 0.2) is 71.7 Å². The molecule has 0 radical (unpaired) electrons. The molecule has 248 valence electrons. The number of carbonyl (C=O) groups is 1. The molecule has 0 aliphatic carbocycles. The van der Waals surface area contributed by atoms with Gasteiger partial charge in [0.1, 0.15) is 30.7 Å². The van der Waals surface area contributed by atoms with Crippen LogP contribution < -0.4 is 16.5 Å². The number of esters is 1. The second kappa shape index (κ2) is 15.0. The van der Waals surface area contributed by atoms with Crippen LogP contribution in [0, 0.1) is 10.1 Å². The summed E-state index contributed by atoms with van der Waals surface area (Å²) in [6.45, 7) is 3.65. The molecule has 3 aromatic rings. The number of benzene rings is 2. The fourth-order valence-corrected chi connectivity index (χ4v) is 6.48. The predicted molar refractivity (Wildman–Crippen MR) is 162 cm³/mol. The van der Waals surface area contributed by atoms with Gasteiger partial charge in [-0.25, -0.2) is 18.8 Å². The van der Waals surface area contributed by atoms with Gasteiger partial charge in [0, 0.05) is 18.3 Å². The lowest BCUT2D eigenvalue weighted by atomic mass is 9.94. The van der Waals surface area contributed by atoms with Gasteiger partial charge in [0.25, 0.3) is 5.69 Å². The van der Waals surface area contributed by atoms with Crippen LogP contribution >= 0.6 is 7.75 Å². The van der Waals surface area contributed by atoms with Crippen molar-refractivity contribution in [3.63, 3.8) is 0 Å². The molecule has 8 atom stereocenters. The number of hydrogen-bond acceptors (Lipinski definition) is 12. The number of anilines is 1. The van der Waals surface area contributed by atoms with Gasteiger partial charge in [-0.2, -0.15) is 4.98 Å². The van der Waals surface area contributed by atoms with E-state index in [9.17, 15) is 29.4 Å². The highest BCUT2D eigenvalue weighted by Crippen LogP contribution is 2.49. The number of aliphatic hydroxyl groups is 1. The number of nitro benzene ring substituents is 1. The summed E-state index contributed by atoms with van der Waals surface area (Å²) in [4.78, 5) is 39.2. The second-order valence-electron chi connectivity index (χ2n) is 10.7. The minimum atomic E-state index is -4.47. The number of ether oxygens (including phenoxy) is 2. The Bertz CT molecular complexity index is 1610. The first kappa shape index (κ1) is 34.8. The summed E-state index contributed by atoms with van der Waals surface area (Å²) in [7, 11) is -4.47. The minimum absolute atomic E-state index is 0.0530. The largest absolute Gasteiger partial charge is 0.460 e. The highest BCUT2D eigenvalue weighted by atomic mass is 31.2. The zero-order valence-electron chi connectivity index (χ0n) is 25.2. The van der Waals surface area contributed by atoms with Crippen LogP contribution in [0.2, 0.25) is 0 Å². The maximum Gasteiger partial charge on any atom is 0.406 e. The summed E-state index contributed by atoms with van der Waals surface area (Å²) in [6.07, 6.45) is -5.94. The summed E-state index contributed by atoms with van der Waals surface area (Å²) in [5, 5.41) is 24.4. The number of alkyl halides is 1. The molecule has 3 unspecified atom stereocenters. The van der Waals surface area contributed by atoms with Gasteiger partial charge in [-0.05, 0) is 50.1 Å². The lowest BCUT2D eigenvalue weighted by Gasteiger charge is -2.41. The fraction of sp³-hybridized carbons (Fsp3) is 0.414. The molecule has 0 amide bonds. The lowest BCUT2D eigenvalue weighted by molar-refractivity contribution is -0.384. The zero-order valence-corrected chi connectivity index (χ0v) is 26.1. The van der Waals surface area contributed by atoms with Crippen molar-refractivity contribution in [2.45, 2.75) is 70.0 Å². The third-order valence-electron chi connectivity index (χ3n) is 7.28. The van der Waals surface area contributed by atoms with Crippen molar-refractivity contribution in [2.24, 2.45) is 0 Å². The molecule has 1 saturated heterocycles. The van der Waals surface area contributed by atoms with Crippen LogP contribution in [0.3, 0.4) is 0 Å². The van der Waals surface area contributed by atoms with Crippen molar-refractivity contribution >= 4 is 25.2 Å². The second-order valence-corrected chi connectivity index (χ2v) is 12.4. The third-order valence-corrected chi connectivity index (χ3v) is 9.07. The van der Waals surface area contributed by atoms with Crippen LogP contribution in [-0.2, 0) is 34.5 Å². The Kier molecular flexibility index (Phi) is 11.4. The summed E-state index contributed by atoms with van der Waals surface area (Å²) in [5.74, 6) is -0.840. The SMILES string of the molecule is CC(OP(=O)(N[C@@H](C)C(=O)OCc1ccccc1)OC[C@H]1OC(C)[C@@H](n2ccc(N)nc2=O)[C@@H](F)[C@H]1O)c1ccc([N+](=O)[O-])cc1. The Hall–Kier alpha value is -4.05. The van der Waals surface area contributed by atoms with Crippen LogP contribution in [0.1, 0.15) is 44.0 Å². The molecule has 17 heteroatoms. The van der Waals surface area contributed by atoms with Gasteiger partial charge < -0.3 is 20.3 Å². The monoisotopic (exact) mass is 663 g/mol. The molecule has 15 nitrogen and oxygen atoms in total. The number of nitro groups is 1. The molecule has 1 aromatic heterocycles. The molecule has 0 saturated carbocycles. The zero-order chi connectivity index (χ0) is 33.6. The van der Waals surface area contributed by atoms with Crippen LogP contribution in [-0.4, -0.2) is 62.7 Å². The summed E-state index contributed by atoms with van der Waals surface area (Å²) in [5.41, 5.74) is 5.64. The van der Waals surface area contributed by atoms with Gasteiger partial charge in [-0.1, -0.05) is 30.3 Å². The van der Waals surface area contributed by atoms with E-state index in [0.29, 0.717) is 5.56 Å². The Morgan fingerprint density at radius 1 is 1.22 bits per heavy atom. The predicted octanol–water partition coefficient (Wildman–Crippen LogP) is 3.39. The summed E-state index contributed by atoms with van der Waals surface area (Å²) in [6, 6.07) is 13.0. The molecule has 0 spiro atoms. The first-order valence-electron chi connectivity index (χ1n) is 14.3. The van der Waals surface area contributed by atoms with Gasteiger partial charge in [0.15, 0.2) is 6.17 Å². The smallest absolute Gasteiger partial charge is 0.406 e. The normalized spacial score (nSPS) is 24.0. The van der Waals surface area contributed by atoms with E-state index < -0.39 is 73.6 Å². The van der Waals surface area contributed by atoms with Crippen LogP contribution in [0.25, 0.3) is 0 Å². The molecule has 46 heavy (non-hydrogen) atoms. The Labute approximate surface area is 263 Å². The number of carbonyl (C=O) groups excluding carboxylic acids is 1. The van der Waals surface area contributed by atoms with Gasteiger partial charge in [-0.3, -0.25) is 28.5 Å². The lowest BCUT2D eigenvalue weighted by Crippen LogP contribution is -2.55. The van der Waals surface area contributed by atoms with E-state index in [-0.39, 0.29) is 18.1 Å². The van der Waals surface area contributed by atoms with Crippen LogP contribution in [0.4, 0.5) is 15.9 Å². The van der Waals surface area contributed by atoms with Crippen LogP contribution in [0.5, 0.6) is 0 Å². The maximum atomic E-state index is 15.6. The van der Waals surface area contributed by atoms with Crippen molar-refractivity contribution in [2.75, 3.05) is 12.3 Å². The fourth-order valence-electron chi connectivity index (χ4n) is 4.82. The van der Waals surface area contributed by atoms with Gasteiger partial charge in [0.05, 0.1) is 29.8 Å². The van der Waals surface area contributed by atoms with E-state index in [0.717, 1.165) is 10.1 Å². The number of aliphatic hydroxyl groups excluding tert-OH is 1. The highest BCUT2D eigenvalue weighted by molar-refractivity contribution is 7.51. The molecule has 1 aliphatic rings. The molecule has 2 heterocycles. The summed E-state index contributed by atoms with van der Waals surface area (Å²) < 4.78 is 53.1. The first-order chi connectivity index (χ1) is 21.8. The molecule has 0 bridgehead atoms. The van der Waals surface area contributed by atoms with Crippen molar-refractivity contribution in [3.8, 4) is 0 Å². The average molecular weight is 664 g/mol. The molecule has 4 rings (SSSR count). The quantitative estimate of drug-likeness (QED) is 0.104. The number of rotatable bonds is 13. The van der Waals surface area contributed by atoms with E-state index in [1.165, 1.54) is 57.3 Å². The van der Waals surface area contributed by atoms with E-state index in [4.69, 9.17) is 24.3 Å². The van der Waals surface area contributed by atoms with E-state index in [1.54, 1.807) is 30.3 Å². The maximum absolute atomic E-state index is 15.6. The number of nitrogens with two attached hydrogens (primary N) is 1. The Morgan fingerprint density at radius 2 is 1.89 bits per heavy atom. The van der Waals surface area contributed by atoms with Gasteiger partial charge in [-0.15, -0.1) is 0 Å². The molecule has 1 fully saturated rings. The van der Waals surface area contributed by atoms with E-state index >= 15 is 4.39 Å². The Morgan fingerprint density at radius 3 is 2.52 bits per heavy atom. The number of nitrogens with one attached hydrogen (secondary N) is 1. The van der Waals surface area contributed by atoms with Crippen molar-refractivity contribution < 1.29 is 42.3 Å². The van der Waals surface area contributed by atoms with Crippen molar-refractivity contribution in [1.82, 2.24) is 14.6 Å². The number of non-ortho nitro benzene ring substituents is 1. The van der Waals surface area contributed by atoms with Crippen molar-refractivity contribution in [1.29, 1.82) is 0 Å². The standard InChI is InChI=1S/C29H35FN5O10P/c1-17(28(37)42-15-20-7-5-4-6-8-20)33-46(41,45-18(2)21-9-11-22(12-10-21)35(39)40)43-16-23-27(36)25(30)26(19(3)44-23)34-14-13-24(31)32-29(34)38/h4-14,17-19,23,25-27,36H,15-16H2,1-3H3,(H,33,41)(H2,31,32,38)/t17-,18?,19?,23+,25+,26+,27-,46?/m0/s1. The van der Waals surface area contributed by atoms with Gasteiger partial charge in [0.2, 0.25) is 0 Å². The Balaban J connectivity index is 1.49. The third kappa shape index (κ3) is 8.60. The van der Waals surface area contributed by atoms with E-state index in [1.807, 2.05) is 0 Å². The molecule has 2 aromatic carbocycles. The molecular formula is C29H35FN5O10P. The number of nitrogen functional groups attached to an aromatic ring is 1. The van der Waals surface area contributed by atoms with Crippen molar-refractivity contribution in [3.05, 3.63) is 98.6 Å². The molecule has 4 N–H and O–H groups in total. The number of aromatic nitrogens is 2. The summed E-state index contributed by atoms with van der Waals surface area (Å²) >= 11 is 0. The topological polar surface area (TPSA) is 207 Å². The van der Waals surface area contributed by atoms with E-state index in [2.05, 4.69) is 10.1 Å². The van der Waals surface area contributed by atoms with Gasteiger partial charge >= 0.3 is 19.4 Å². The number of halogens is 1. The molecule has 1 aliphatic heterocycles. The minimum Gasteiger partial charge on any atom is -0.460 e. The molecular weight excluding hydrogens is 628 g/mol. The average Bonchev–Trinajstić information content (AvgIpc) is 3.02.